The largest absolute Gasteiger partial charge is 0.368 e. The smallest absolute Gasteiger partial charge is 0.233 e. The summed E-state index contributed by atoms with van der Waals surface area (Å²) >= 11 is 7.59. The van der Waals surface area contributed by atoms with E-state index in [0.717, 1.165) is 47.9 Å². The molecule has 2 aromatic carbocycles. The highest BCUT2D eigenvalue weighted by molar-refractivity contribution is 7.99. The number of nitrogens with zero attached hydrogens (tertiary/aromatic N) is 4. The molecule has 0 N–H and O–H groups in total. The van der Waals surface area contributed by atoms with E-state index < -0.39 is 0 Å². The number of fused-ring (bicyclic) bond motifs is 1. The van der Waals surface area contributed by atoms with Gasteiger partial charge in [0.05, 0.1) is 16.8 Å². The first kappa shape index (κ1) is 21.0. The summed E-state index contributed by atoms with van der Waals surface area (Å²) in [4.78, 5) is 21.6. The van der Waals surface area contributed by atoms with Crippen LogP contribution in [-0.2, 0) is 11.3 Å². The van der Waals surface area contributed by atoms with Crippen LogP contribution in [0.2, 0.25) is 5.02 Å². The topological polar surface area (TPSA) is 41.4 Å². The number of imidazole rings is 1. The number of aromatic nitrogens is 2. The Bertz CT molecular complexity index is 1030. The van der Waals surface area contributed by atoms with Crippen molar-refractivity contribution in [2.45, 2.75) is 25.0 Å². The van der Waals surface area contributed by atoms with Crippen LogP contribution in [0.25, 0.3) is 11.0 Å². The Hall–Kier alpha value is -2.25. The summed E-state index contributed by atoms with van der Waals surface area (Å²) in [6, 6.07) is 12.2. The van der Waals surface area contributed by atoms with E-state index in [2.05, 4.69) is 16.4 Å². The number of benzene rings is 2. The highest BCUT2D eigenvalue weighted by atomic mass is 35.5. The molecule has 0 aliphatic carbocycles. The van der Waals surface area contributed by atoms with Gasteiger partial charge in [0.15, 0.2) is 5.16 Å². The van der Waals surface area contributed by atoms with Gasteiger partial charge in [-0.2, -0.15) is 0 Å². The number of halogens is 2. The molecule has 30 heavy (non-hydrogen) atoms. The van der Waals surface area contributed by atoms with E-state index in [1.54, 1.807) is 12.1 Å². The molecule has 1 saturated heterocycles. The average Bonchev–Trinajstić information content (AvgIpc) is 3.09. The number of rotatable bonds is 6. The highest BCUT2D eigenvalue weighted by Gasteiger charge is 2.22. The number of anilines is 1. The SMILES string of the molecule is CCCn1c(SCC(=O)N2CCN(c3ccc(F)cc3)CC2)nc2cc(Cl)ccc21. The second-order valence-corrected chi connectivity index (χ2v) is 8.69. The first-order chi connectivity index (χ1) is 14.5. The lowest BCUT2D eigenvalue weighted by molar-refractivity contribution is -0.128. The minimum absolute atomic E-state index is 0.117. The second-order valence-electron chi connectivity index (χ2n) is 7.31. The molecule has 3 aromatic rings. The molecule has 2 heterocycles. The number of piperazine rings is 1. The molecule has 0 atom stereocenters. The Morgan fingerprint density at radius 2 is 1.87 bits per heavy atom. The lowest BCUT2D eigenvalue weighted by Gasteiger charge is -2.36. The third kappa shape index (κ3) is 4.57. The van der Waals surface area contributed by atoms with Gasteiger partial charge in [-0.25, -0.2) is 9.37 Å². The van der Waals surface area contributed by atoms with Crippen molar-refractivity contribution < 1.29 is 9.18 Å². The van der Waals surface area contributed by atoms with E-state index in [-0.39, 0.29) is 11.7 Å². The molecule has 5 nitrogen and oxygen atoms in total. The molecule has 1 amide bonds. The van der Waals surface area contributed by atoms with Gasteiger partial charge in [-0.15, -0.1) is 0 Å². The minimum atomic E-state index is -0.235. The van der Waals surface area contributed by atoms with Gasteiger partial charge in [0.2, 0.25) is 5.91 Å². The molecule has 1 aromatic heterocycles. The van der Waals surface area contributed by atoms with Crippen molar-refractivity contribution in [3.05, 3.63) is 53.3 Å². The van der Waals surface area contributed by atoms with E-state index in [1.807, 2.05) is 23.1 Å². The van der Waals surface area contributed by atoms with Gasteiger partial charge in [0.25, 0.3) is 0 Å². The van der Waals surface area contributed by atoms with E-state index in [4.69, 9.17) is 16.6 Å². The zero-order chi connectivity index (χ0) is 21.1. The summed E-state index contributed by atoms with van der Waals surface area (Å²) in [5.74, 6) is 0.241. The van der Waals surface area contributed by atoms with Crippen LogP contribution in [0.4, 0.5) is 10.1 Å². The van der Waals surface area contributed by atoms with Gasteiger partial charge in [-0.1, -0.05) is 30.3 Å². The fourth-order valence-electron chi connectivity index (χ4n) is 3.71. The summed E-state index contributed by atoms with van der Waals surface area (Å²) in [5, 5.41) is 1.52. The summed E-state index contributed by atoms with van der Waals surface area (Å²) in [6.45, 7) is 5.80. The first-order valence-corrected chi connectivity index (χ1v) is 11.5. The van der Waals surface area contributed by atoms with Crippen molar-refractivity contribution in [1.82, 2.24) is 14.5 Å². The number of hydrogen-bond acceptors (Lipinski definition) is 4. The van der Waals surface area contributed by atoms with Gasteiger partial charge in [-0.3, -0.25) is 4.79 Å². The average molecular weight is 447 g/mol. The lowest BCUT2D eigenvalue weighted by Crippen LogP contribution is -2.49. The fourth-order valence-corrected chi connectivity index (χ4v) is 4.82. The van der Waals surface area contributed by atoms with Crippen LogP contribution in [0.1, 0.15) is 13.3 Å². The minimum Gasteiger partial charge on any atom is -0.368 e. The molecule has 0 radical (unpaired) electrons. The maximum atomic E-state index is 13.1. The molecule has 8 heteroatoms. The summed E-state index contributed by atoms with van der Waals surface area (Å²) in [6.07, 6.45) is 0.987. The highest BCUT2D eigenvalue weighted by Crippen LogP contribution is 2.27. The van der Waals surface area contributed by atoms with Crippen LogP contribution >= 0.6 is 23.4 Å². The van der Waals surface area contributed by atoms with Crippen LogP contribution in [0.15, 0.2) is 47.6 Å². The molecule has 4 rings (SSSR count). The normalized spacial score (nSPS) is 14.5. The molecular formula is C22H24ClFN4OS. The molecule has 158 valence electrons. The molecule has 1 fully saturated rings. The number of thioether (sulfide) groups is 1. The zero-order valence-electron chi connectivity index (χ0n) is 16.9. The molecular weight excluding hydrogens is 423 g/mol. The van der Waals surface area contributed by atoms with Crippen molar-refractivity contribution in [2.24, 2.45) is 0 Å². The van der Waals surface area contributed by atoms with Gasteiger partial charge in [-0.05, 0) is 48.9 Å². The van der Waals surface area contributed by atoms with Gasteiger partial charge in [0.1, 0.15) is 5.82 Å². The van der Waals surface area contributed by atoms with Crippen molar-refractivity contribution in [1.29, 1.82) is 0 Å². The van der Waals surface area contributed by atoms with E-state index in [9.17, 15) is 9.18 Å². The Labute approximate surface area is 184 Å². The molecule has 1 aliphatic rings. The predicted octanol–water partition coefficient (Wildman–Crippen LogP) is 4.68. The van der Waals surface area contributed by atoms with Crippen LogP contribution in [0, 0.1) is 5.82 Å². The van der Waals surface area contributed by atoms with Gasteiger partial charge in [0, 0.05) is 43.4 Å². The van der Waals surface area contributed by atoms with Crippen LogP contribution in [0.5, 0.6) is 0 Å². The Morgan fingerprint density at radius 1 is 1.13 bits per heavy atom. The Balaban J connectivity index is 1.37. The molecule has 0 unspecified atom stereocenters. The molecule has 0 saturated carbocycles. The monoisotopic (exact) mass is 446 g/mol. The number of hydrogen-bond donors (Lipinski definition) is 0. The summed E-state index contributed by atoms with van der Waals surface area (Å²) in [7, 11) is 0. The number of amides is 1. The van der Waals surface area contributed by atoms with E-state index >= 15 is 0 Å². The molecule has 0 bridgehead atoms. The molecule has 1 aliphatic heterocycles. The quantitative estimate of drug-likeness (QED) is 0.515. The van der Waals surface area contributed by atoms with Crippen molar-refractivity contribution in [2.75, 3.05) is 36.8 Å². The van der Waals surface area contributed by atoms with Crippen LogP contribution < -0.4 is 4.90 Å². The number of aryl methyl sites for hydroxylation is 1. The molecule has 0 spiro atoms. The summed E-state index contributed by atoms with van der Waals surface area (Å²) in [5.41, 5.74) is 2.90. The third-order valence-corrected chi connectivity index (χ3v) is 6.47. The third-order valence-electron chi connectivity index (χ3n) is 5.27. The van der Waals surface area contributed by atoms with E-state index in [0.29, 0.717) is 23.9 Å². The van der Waals surface area contributed by atoms with Gasteiger partial charge >= 0.3 is 0 Å². The van der Waals surface area contributed by atoms with Crippen molar-refractivity contribution >= 4 is 46.0 Å². The maximum Gasteiger partial charge on any atom is 0.233 e. The second kappa shape index (κ2) is 9.27. The lowest BCUT2D eigenvalue weighted by atomic mass is 10.2. The summed E-state index contributed by atoms with van der Waals surface area (Å²) < 4.78 is 15.3. The van der Waals surface area contributed by atoms with Gasteiger partial charge < -0.3 is 14.4 Å². The van der Waals surface area contributed by atoms with Crippen molar-refractivity contribution in [3.63, 3.8) is 0 Å². The first-order valence-electron chi connectivity index (χ1n) is 10.1. The number of carbonyl (C=O) groups is 1. The maximum absolute atomic E-state index is 13.1. The standard InChI is InChI=1S/C22H24ClFN4OS/c1-2-9-28-20-8-3-16(23)14-19(20)25-22(28)30-15-21(29)27-12-10-26(11-13-27)18-6-4-17(24)5-7-18/h3-8,14H,2,9-13,15H2,1H3. The Morgan fingerprint density at radius 3 is 2.57 bits per heavy atom. The van der Waals surface area contributed by atoms with E-state index in [1.165, 1.54) is 23.9 Å². The Kier molecular flexibility index (Phi) is 6.49. The van der Waals surface area contributed by atoms with Crippen LogP contribution in [0.3, 0.4) is 0 Å². The number of carbonyl (C=O) groups excluding carboxylic acids is 1. The zero-order valence-corrected chi connectivity index (χ0v) is 18.4. The fraction of sp³-hybridized carbons (Fsp3) is 0.364. The van der Waals surface area contributed by atoms with Crippen molar-refractivity contribution in [3.8, 4) is 0 Å². The predicted molar refractivity (Wildman–Crippen MR) is 121 cm³/mol. The van der Waals surface area contributed by atoms with Crippen LogP contribution in [-0.4, -0.2) is 52.3 Å².